The first-order valence-electron chi connectivity index (χ1n) is 5.39. The first-order valence-corrected chi connectivity index (χ1v) is 5.39. The van der Waals surface area contributed by atoms with Crippen molar-refractivity contribution in [2.24, 2.45) is 11.3 Å². The van der Waals surface area contributed by atoms with Gasteiger partial charge in [-0.15, -0.1) is 0 Å². The van der Waals surface area contributed by atoms with E-state index in [-0.39, 0.29) is 0 Å². The molecule has 70 valence electrons. The molecule has 0 radical (unpaired) electrons. The Morgan fingerprint density at radius 1 is 1.08 bits per heavy atom. The molecule has 1 nitrogen and oxygen atoms in total. The van der Waals surface area contributed by atoms with Crippen molar-refractivity contribution < 1.29 is 4.74 Å². The van der Waals surface area contributed by atoms with Gasteiger partial charge >= 0.3 is 0 Å². The summed E-state index contributed by atoms with van der Waals surface area (Å²) in [5.41, 5.74) is 0.634. The fourth-order valence-corrected chi connectivity index (χ4v) is 2.87. The number of hydrogen-bond donors (Lipinski definition) is 0. The van der Waals surface area contributed by atoms with E-state index in [4.69, 9.17) is 4.74 Å². The molecule has 1 heterocycles. The van der Waals surface area contributed by atoms with Crippen LogP contribution in [0.3, 0.4) is 0 Å². The smallest absolute Gasteiger partial charge is 0.0471 e. The van der Waals surface area contributed by atoms with Crippen molar-refractivity contribution in [3.63, 3.8) is 0 Å². The van der Waals surface area contributed by atoms with Gasteiger partial charge in [0.1, 0.15) is 0 Å². The fourth-order valence-electron chi connectivity index (χ4n) is 2.87. The summed E-state index contributed by atoms with van der Waals surface area (Å²) in [4.78, 5) is 0. The van der Waals surface area contributed by atoms with Crippen molar-refractivity contribution in [3.8, 4) is 0 Å². The molecule has 0 aromatic heterocycles. The van der Waals surface area contributed by atoms with E-state index >= 15 is 0 Å². The van der Waals surface area contributed by atoms with Gasteiger partial charge in [-0.3, -0.25) is 0 Å². The molecule has 0 amide bonds. The van der Waals surface area contributed by atoms with Gasteiger partial charge in [0.25, 0.3) is 0 Å². The number of hydrogen-bond acceptors (Lipinski definition) is 1. The van der Waals surface area contributed by atoms with E-state index < -0.39 is 0 Å². The van der Waals surface area contributed by atoms with Crippen molar-refractivity contribution in [1.82, 2.24) is 0 Å². The average molecular weight is 168 g/mol. The van der Waals surface area contributed by atoms with E-state index in [0.29, 0.717) is 5.41 Å². The van der Waals surface area contributed by atoms with E-state index in [1.165, 1.54) is 38.5 Å². The predicted molar refractivity (Wildman–Crippen MR) is 50.1 cm³/mol. The molecule has 0 unspecified atom stereocenters. The van der Waals surface area contributed by atoms with Crippen molar-refractivity contribution in [1.29, 1.82) is 0 Å². The molecule has 1 saturated carbocycles. The lowest BCUT2D eigenvalue weighted by Gasteiger charge is -2.38. The monoisotopic (exact) mass is 168 g/mol. The Kier molecular flexibility index (Phi) is 2.40. The van der Waals surface area contributed by atoms with E-state index in [1.54, 1.807) is 0 Å². The zero-order chi connectivity index (χ0) is 8.44. The zero-order valence-electron chi connectivity index (χ0n) is 8.14. The molecular formula is C11H20O. The third kappa shape index (κ3) is 1.52. The van der Waals surface area contributed by atoms with Crippen LogP contribution in [0.1, 0.15) is 45.4 Å². The first-order chi connectivity index (χ1) is 5.81. The normalized spacial score (nSPS) is 30.8. The highest BCUT2D eigenvalue weighted by molar-refractivity contribution is 4.87. The number of ether oxygens (including phenoxy) is 1. The topological polar surface area (TPSA) is 9.23 Å². The molecule has 0 bridgehead atoms. The van der Waals surface area contributed by atoms with Crippen molar-refractivity contribution >= 4 is 0 Å². The lowest BCUT2D eigenvalue weighted by atomic mass is 9.71. The summed E-state index contributed by atoms with van der Waals surface area (Å²) < 4.78 is 5.42. The lowest BCUT2D eigenvalue weighted by Crippen LogP contribution is -2.32. The van der Waals surface area contributed by atoms with Crippen LogP contribution in [0, 0.1) is 11.3 Å². The standard InChI is InChI=1S/C11H20O/c1-11(6-8-12-9-7-11)10-4-2-3-5-10/h10H,2-9H2,1H3. The maximum absolute atomic E-state index is 5.42. The highest BCUT2D eigenvalue weighted by atomic mass is 16.5. The van der Waals surface area contributed by atoms with Gasteiger partial charge in [-0.1, -0.05) is 19.8 Å². The SMILES string of the molecule is CC1(C2CCCC2)CCOCC1. The molecule has 1 saturated heterocycles. The first kappa shape index (κ1) is 8.55. The Morgan fingerprint density at radius 3 is 2.25 bits per heavy atom. The predicted octanol–water partition coefficient (Wildman–Crippen LogP) is 2.99. The Balaban J connectivity index is 1.97. The van der Waals surface area contributed by atoms with Gasteiger partial charge in [0.2, 0.25) is 0 Å². The van der Waals surface area contributed by atoms with Crippen LogP contribution >= 0.6 is 0 Å². The molecular weight excluding hydrogens is 148 g/mol. The zero-order valence-corrected chi connectivity index (χ0v) is 8.14. The largest absolute Gasteiger partial charge is 0.381 e. The minimum Gasteiger partial charge on any atom is -0.381 e. The molecule has 0 spiro atoms. The number of rotatable bonds is 1. The van der Waals surface area contributed by atoms with Crippen LogP contribution < -0.4 is 0 Å². The summed E-state index contributed by atoms with van der Waals surface area (Å²) in [7, 11) is 0. The van der Waals surface area contributed by atoms with E-state index in [9.17, 15) is 0 Å². The molecule has 2 aliphatic rings. The third-order valence-corrected chi connectivity index (χ3v) is 3.98. The molecule has 12 heavy (non-hydrogen) atoms. The average Bonchev–Trinajstić information content (AvgIpc) is 2.58. The van der Waals surface area contributed by atoms with Crippen molar-refractivity contribution in [2.45, 2.75) is 45.4 Å². The molecule has 2 fully saturated rings. The van der Waals surface area contributed by atoms with E-state index in [1.807, 2.05) is 0 Å². The van der Waals surface area contributed by atoms with E-state index in [2.05, 4.69) is 6.92 Å². The molecule has 0 aromatic carbocycles. The van der Waals surface area contributed by atoms with Gasteiger partial charge < -0.3 is 4.74 Å². The summed E-state index contributed by atoms with van der Waals surface area (Å²) in [6.07, 6.45) is 8.52. The second-order valence-corrected chi connectivity index (χ2v) is 4.75. The summed E-state index contributed by atoms with van der Waals surface area (Å²) in [6.45, 7) is 4.49. The van der Waals surface area contributed by atoms with Gasteiger partial charge in [0.05, 0.1) is 0 Å². The molecule has 0 aromatic rings. The summed E-state index contributed by atoms with van der Waals surface area (Å²) >= 11 is 0. The Bertz CT molecular complexity index is 141. The second kappa shape index (κ2) is 3.37. The summed E-state index contributed by atoms with van der Waals surface area (Å²) in [5, 5.41) is 0. The highest BCUT2D eigenvalue weighted by Gasteiger charge is 2.36. The van der Waals surface area contributed by atoms with Crippen molar-refractivity contribution in [3.05, 3.63) is 0 Å². The quantitative estimate of drug-likeness (QED) is 0.585. The van der Waals surface area contributed by atoms with Crippen LogP contribution in [0.4, 0.5) is 0 Å². The Morgan fingerprint density at radius 2 is 1.67 bits per heavy atom. The Labute approximate surface area is 75.5 Å². The van der Waals surface area contributed by atoms with E-state index in [0.717, 1.165) is 19.1 Å². The van der Waals surface area contributed by atoms with Crippen molar-refractivity contribution in [2.75, 3.05) is 13.2 Å². The van der Waals surface area contributed by atoms with Crippen LogP contribution in [0.25, 0.3) is 0 Å². The summed E-state index contributed by atoms with van der Waals surface area (Å²) in [5.74, 6) is 1.02. The van der Waals surface area contributed by atoms with Crippen LogP contribution in [0.5, 0.6) is 0 Å². The maximum Gasteiger partial charge on any atom is 0.0471 e. The van der Waals surface area contributed by atoms with Gasteiger partial charge in [-0.2, -0.15) is 0 Å². The molecule has 1 aliphatic carbocycles. The molecule has 1 aliphatic heterocycles. The fraction of sp³-hybridized carbons (Fsp3) is 1.00. The lowest BCUT2D eigenvalue weighted by molar-refractivity contribution is -0.00630. The Hall–Kier alpha value is -0.0400. The van der Waals surface area contributed by atoms with Crippen LogP contribution in [0.2, 0.25) is 0 Å². The molecule has 1 heteroatoms. The van der Waals surface area contributed by atoms with Crippen LogP contribution in [-0.2, 0) is 4.74 Å². The van der Waals surface area contributed by atoms with Gasteiger partial charge in [-0.05, 0) is 37.0 Å². The van der Waals surface area contributed by atoms with Crippen LogP contribution in [-0.4, -0.2) is 13.2 Å². The highest BCUT2D eigenvalue weighted by Crippen LogP contribution is 2.45. The van der Waals surface area contributed by atoms with Gasteiger partial charge in [-0.25, -0.2) is 0 Å². The molecule has 0 atom stereocenters. The second-order valence-electron chi connectivity index (χ2n) is 4.75. The minimum absolute atomic E-state index is 0.634. The third-order valence-electron chi connectivity index (χ3n) is 3.98. The minimum atomic E-state index is 0.634. The molecule has 2 rings (SSSR count). The van der Waals surface area contributed by atoms with Crippen LogP contribution in [0.15, 0.2) is 0 Å². The summed E-state index contributed by atoms with van der Waals surface area (Å²) in [6, 6.07) is 0. The van der Waals surface area contributed by atoms with Gasteiger partial charge in [0.15, 0.2) is 0 Å². The molecule has 0 N–H and O–H groups in total. The van der Waals surface area contributed by atoms with Gasteiger partial charge in [0, 0.05) is 13.2 Å². The maximum atomic E-state index is 5.42.